The van der Waals surface area contributed by atoms with Gasteiger partial charge in [-0.25, -0.2) is 18.2 Å². The van der Waals surface area contributed by atoms with Crippen LogP contribution in [0.2, 0.25) is 5.02 Å². The van der Waals surface area contributed by atoms with E-state index in [2.05, 4.69) is 10.5 Å². The second-order valence-electron chi connectivity index (χ2n) is 6.53. The third-order valence-corrected chi connectivity index (χ3v) is 6.42. The molecule has 0 radical (unpaired) electrons. The minimum absolute atomic E-state index is 0.0458. The molecule has 160 valence electrons. The Morgan fingerprint density at radius 1 is 1.00 bits per heavy atom. The van der Waals surface area contributed by atoms with E-state index in [1.807, 2.05) is 0 Å². The maximum atomic E-state index is 13.2. The fourth-order valence-electron chi connectivity index (χ4n) is 2.71. The molecule has 6 nitrogen and oxygen atoms in total. The Hall–Kier alpha value is -3.07. The van der Waals surface area contributed by atoms with Gasteiger partial charge in [0, 0.05) is 17.1 Å². The molecular weight excluding hydrogens is 441 g/mol. The summed E-state index contributed by atoms with van der Waals surface area (Å²) in [6, 6.07) is 20.1. The zero-order valence-corrected chi connectivity index (χ0v) is 17.9. The van der Waals surface area contributed by atoms with Crippen molar-refractivity contribution >= 4 is 33.7 Å². The molecule has 0 bridgehead atoms. The lowest BCUT2D eigenvalue weighted by Crippen LogP contribution is -2.39. The molecule has 3 aromatic rings. The van der Waals surface area contributed by atoms with Gasteiger partial charge in [0.2, 0.25) is 10.0 Å². The molecule has 1 amide bonds. The van der Waals surface area contributed by atoms with E-state index in [1.165, 1.54) is 42.6 Å². The van der Waals surface area contributed by atoms with E-state index in [0.29, 0.717) is 16.1 Å². The van der Waals surface area contributed by atoms with Crippen LogP contribution >= 0.6 is 11.6 Å². The first-order chi connectivity index (χ1) is 14.9. The highest BCUT2D eigenvalue weighted by atomic mass is 35.5. The van der Waals surface area contributed by atoms with E-state index in [-0.39, 0.29) is 11.4 Å². The number of hydrogen-bond acceptors (Lipinski definition) is 4. The van der Waals surface area contributed by atoms with Crippen LogP contribution in [0.4, 0.5) is 4.39 Å². The van der Waals surface area contributed by atoms with Gasteiger partial charge in [0.05, 0.1) is 17.7 Å². The van der Waals surface area contributed by atoms with E-state index >= 15 is 0 Å². The lowest BCUT2D eigenvalue weighted by Gasteiger charge is -2.21. The van der Waals surface area contributed by atoms with Crippen molar-refractivity contribution in [3.8, 4) is 0 Å². The number of hydrazone groups is 1. The number of carbonyl (C=O) groups excluding carboxylic acids is 1. The molecule has 3 aromatic carbocycles. The van der Waals surface area contributed by atoms with Gasteiger partial charge in [0.1, 0.15) is 5.82 Å². The predicted octanol–water partition coefficient (Wildman–Crippen LogP) is 3.82. The highest BCUT2D eigenvalue weighted by molar-refractivity contribution is 7.89. The van der Waals surface area contributed by atoms with Gasteiger partial charge in [-0.1, -0.05) is 60.1 Å². The third kappa shape index (κ3) is 6.21. The van der Waals surface area contributed by atoms with Gasteiger partial charge < -0.3 is 0 Å². The smallest absolute Gasteiger partial charge is 0.255 e. The van der Waals surface area contributed by atoms with Crippen molar-refractivity contribution in [2.75, 3.05) is 6.54 Å². The molecule has 0 saturated carbocycles. The first kappa shape index (κ1) is 22.6. The first-order valence-corrected chi connectivity index (χ1v) is 11.0. The summed E-state index contributed by atoms with van der Waals surface area (Å²) in [4.78, 5) is 12.5. The molecular formula is C22H19ClFN3O3S. The van der Waals surface area contributed by atoms with Crippen molar-refractivity contribution in [3.05, 3.63) is 101 Å². The second-order valence-corrected chi connectivity index (χ2v) is 8.87. The van der Waals surface area contributed by atoms with Crippen LogP contribution in [0.3, 0.4) is 0 Å². The average Bonchev–Trinajstić information content (AvgIpc) is 2.77. The van der Waals surface area contributed by atoms with E-state index in [9.17, 15) is 17.6 Å². The van der Waals surface area contributed by atoms with Gasteiger partial charge in [-0.2, -0.15) is 9.41 Å². The van der Waals surface area contributed by atoms with E-state index in [4.69, 9.17) is 11.6 Å². The number of sulfonamides is 1. The van der Waals surface area contributed by atoms with Gasteiger partial charge in [-0.05, 0) is 35.9 Å². The lowest BCUT2D eigenvalue weighted by molar-refractivity contribution is -0.121. The first-order valence-electron chi connectivity index (χ1n) is 9.22. The summed E-state index contributed by atoms with van der Waals surface area (Å²) in [6.45, 7) is -0.590. The number of nitrogens with zero attached hydrogens (tertiary/aromatic N) is 2. The molecule has 0 aliphatic carbocycles. The Labute approximate surface area is 185 Å². The molecule has 31 heavy (non-hydrogen) atoms. The summed E-state index contributed by atoms with van der Waals surface area (Å²) in [7, 11) is -3.98. The highest BCUT2D eigenvalue weighted by Crippen LogP contribution is 2.18. The summed E-state index contributed by atoms with van der Waals surface area (Å²) in [6.07, 6.45) is 1.37. The summed E-state index contributed by atoms with van der Waals surface area (Å²) < 4.78 is 40.4. The molecule has 0 heterocycles. The van der Waals surface area contributed by atoms with Crippen molar-refractivity contribution < 1.29 is 17.6 Å². The fourth-order valence-corrected chi connectivity index (χ4v) is 4.30. The van der Waals surface area contributed by atoms with Crippen molar-refractivity contribution in [3.63, 3.8) is 0 Å². The minimum Gasteiger partial charge on any atom is -0.272 e. The number of halogens is 2. The Bertz CT molecular complexity index is 1170. The van der Waals surface area contributed by atoms with E-state index < -0.39 is 28.3 Å². The van der Waals surface area contributed by atoms with Crippen LogP contribution in [-0.4, -0.2) is 31.4 Å². The number of rotatable bonds is 8. The monoisotopic (exact) mass is 459 g/mol. The molecule has 0 spiro atoms. The summed E-state index contributed by atoms with van der Waals surface area (Å²) in [5.74, 6) is -1.07. The van der Waals surface area contributed by atoms with Crippen LogP contribution < -0.4 is 5.43 Å². The van der Waals surface area contributed by atoms with Gasteiger partial charge in [-0.3, -0.25) is 4.79 Å². The van der Waals surface area contributed by atoms with E-state index in [1.54, 1.807) is 42.5 Å². The van der Waals surface area contributed by atoms with Gasteiger partial charge >= 0.3 is 0 Å². The van der Waals surface area contributed by atoms with Crippen LogP contribution in [0.25, 0.3) is 0 Å². The molecule has 0 aromatic heterocycles. The number of carbonyl (C=O) groups is 1. The van der Waals surface area contributed by atoms with Gasteiger partial charge in [-0.15, -0.1) is 0 Å². The molecule has 0 aliphatic rings. The SMILES string of the molecule is O=C(CN(Cc1ccc(F)cc1)S(=O)(=O)c1ccccc1)N/N=C\c1ccccc1Cl. The quantitative estimate of drug-likeness (QED) is 0.411. The molecule has 0 atom stereocenters. The minimum atomic E-state index is -3.98. The maximum absolute atomic E-state index is 13.2. The Morgan fingerprint density at radius 2 is 1.65 bits per heavy atom. The Balaban J connectivity index is 1.78. The molecule has 9 heteroatoms. The van der Waals surface area contributed by atoms with Crippen LogP contribution in [0.5, 0.6) is 0 Å². The van der Waals surface area contributed by atoms with Crippen LogP contribution in [0.1, 0.15) is 11.1 Å². The number of hydrogen-bond donors (Lipinski definition) is 1. The standard InChI is InChI=1S/C22H19ClFN3O3S/c23-21-9-5-4-6-18(21)14-25-26-22(28)16-27(15-17-10-12-19(24)13-11-17)31(29,30)20-7-2-1-3-8-20/h1-14H,15-16H2,(H,26,28)/b25-14-. The molecule has 0 aliphatic heterocycles. The van der Waals surface area contributed by atoms with Crippen molar-refractivity contribution in [2.45, 2.75) is 11.4 Å². The lowest BCUT2D eigenvalue weighted by atomic mass is 10.2. The topological polar surface area (TPSA) is 78.8 Å². The summed E-state index contributed by atoms with van der Waals surface area (Å²) in [5, 5.41) is 4.31. The zero-order chi connectivity index (χ0) is 22.3. The molecule has 0 saturated heterocycles. The predicted molar refractivity (Wildman–Crippen MR) is 118 cm³/mol. The van der Waals surface area contributed by atoms with Gasteiger partial charge in [0.25, 0.3) is 5.91 Å². The Kier molecular flexibility index (Phi) is 7.51. The molecule has 1 N–H and O–H groups in total. The fraction of sp³-hybridized carbons (Fsp3) is 0.0909. The normalized spacial score (nSPS) is 11.7. The number of amides is 1. The second kappa shape index (κ2) is 10.3. The van der Waals surface area contributed by atoms with E-state index in [0.717, 1.165) is 4.31 Å². The zero-order valence-electron chi connectivity index (χ0n) is 16.3. The number of nitrogens with one attached hydrogen (secondary N) is 1. The highest BCUT2D eigenvalue weighted by Gasteiger charge is 2.26. The van der Waals surface area contributed by atoms with Crippen molar-refractivity contribution in [1.82, 2.24) is 9.73 Å². The Morgan fingerprint density at radius 3 is 2.32 bits per heavy atom. The number of benzene rings is 3. The van der Waals surface area contributed by atoms with Crippen molar-refractivity contribution in [2.24, 2.45) is 5.10 Å². The van der Waals surface area contributed by atoms with Crippen LogP contribution in [-0.2, 0) is 21.4 Å². The molecule has 3 rings (SSSR count). The molecule has 0 unspecified atom stereocenters. The third-order valence-electron chi connectivity index (χ3n) is 4.27. The van der Waals surface area contributed by atoms with Crippen molar-refractivity contribution in [1.29, 1.82) is 0 Å². The van der Waals surface area contributed by atoms with Crippen LogP contribution in [0, 0.1) is 5.82 Å². The average molecular weight is 460 g/mol. The van der Waals surface area contributed by atoms with Gasteiger partial charge in [0.15, 0.2) is 0 Å². The maximum Gasteiger partial charge on any atom is 0.255 e. The largest absolute Gasteiger partial charge is 0.272 e. The van der Waals surface area contributed by atoms with Crippen LogP contribution in [0.15, 0.2) is 88.9 Å². The summed E-state index contributed by atoms with van der Waals surface area (Å²) in [5.41, 5.74) is 3.45. The molecule has 0 fully saturated rings. The summed E-state index contributed by atoms with van der Waals surface area (Å²) >= 11 is 6.03.